The number of nitrogens with zero attached hydrogens (tertiary/aromatic N) is 2. The Balaban J connectivity index is 1.59. The third kappa shape index (κ3) is 4.67. The van der Waals surface area contributed by atoms with Gasteiger partial charge in [-0.3, -0.25) is 4.79 Å². The first-order valence-corrected chi connectivity index (χ1v) is 7.98. The molecule has 6 heteroatoms. The second kappa shape index (κ2) is 7.94. The Morgan fingerprint density at radius 2 is 1.81 bits per heavy atom. The van der Waals surface area contributed by atoms with E-state index in [-0.39, 0.29) is 5.91 Å². The average Bonchev–Trinajstić information content (AvgIpc) is 3.11. The van der Waals surface area contributed by atoms with Crippen LogP contribution < -0.4 is 10.1 Å². The highest BCUT2D eigenvalue weighted by Crippen LogP contribution is 2.16. The van der Waals surface area contributed by atoms with E-state index in [0.29, 0.717) is 11.4 Å². The lowest BCUT2D eigenvalue weighted by molar-refractivity contribution is -0.128. The van der Waals surface area contributed by atoms with Crippen LogP contribution in [0.4, 0.5) is 5.69 Å². The first-order valence-electron chi connectivity index (χ1n) is 7.98. The van der Waals surface area contributed by atoms with Crippen molar-refractivity contribution in [2.45, 2.75) is 6.92 Å². The summed E-state index contributed by atoms with van der Waals surface area (Å²) in [5.74, 6) is -0.257. The largest absolute Gasteiger partial charge is 0.423 e. The SMILES string of the molecule is CC(=O)Nc1ccc(OC(=O)/C=C/c2cnn(-c3ccccc3)c2)cc1. The molecule has 0 aliphatic rings. The van der Waals surface area contributed by atoms with Crippen molar-refractivity contribution in [2.75, 3.05) is 5.32 Å². The van der Waals surface area contributed by atoms with E-state index in [9.17, 15) is 9.59 Å². The Kier molecular flexibility index (Phi) is 5.24. The van der Waals surface area contributed by atoms with Gasteiger partial charge in [0.1, 0.15) is 5.75 Å². The number of anilines is 1. The molecule has 6 nitrogen and oxygen atoms in total. The van der Waals surface area contributed by atoms with Crippen LogP contribution in [0.25, 0.3) is 11.8 Å². The fraction of sp³-hybridized carbons (Fsp3) is 0.0500. The smallest absolute Gasteiger partial charge is 0.336 e. The van der Waals surface area contributed by atoms with E-state index in [1.807, 2.05) is 36.5 Å². The van der Waals surface area contributed by atoms with Gasteiger partial charge in [-0.15, -0.1) is 0 Å². The van der Waals surface area contributed by atoms with Crippen LogP contribution in [0, 0.1) is 0 Å². The molecule has 1 aromatic heterocycles. The molecule has 0 atom stereocenters. The Morgan fingerprint density at radius 1 is 1.08 bits per heavy atom. The van der Waals surface area contributed by atoms with Gasteiger partial charge in [-0.1, -0.05) is 18.2 Å². The Morgan fingerprint density at radius 3 is 2.50 bits per heavy atom. The third-order valence-corrected chi connectivity index (χ3v) is 3.43. The summed E-state index contributed by atoms with van der Waals surface area (Å²) in [7, 11) is 0. The van der Waals surface area contributed by atoms with Gasteiger partial charge in [0.2, 0.25) is 5.91 Å². The fourth-order valence-corrected chi connectivity index (χ4v) is 2.27. The van der Waals surface area contributed by atoms with Crippen molar-refractivity contribution in [1.82, 2.24) is 9.78 Å². The van der Waals surface area contributed by atoms with E-state index >= 15 is 0 Å². The molecule has 0 saturated carbocycles. The van der Waals surface area contributed by atoms with E-state index in [1.165, 1.54) is 13.0 Å². The Hall–Kier alpha value is -3.67. The van der Waals surface area contributed by atoms with E-state index in [2.05, 4.69) is 10.4 Å². The van der Waals surface area contributed by atoms with Crippen LogP contribution in [-0.2, 0) is 9.59 Å². The van der Waals surface area contributed by atoms with Crippen molar-refractivity contribution < 1.29 is 14.3 Å². The van der Waals surface area contributed by atoms with Gasteiger partial charge in [-0.05, 0) is 42.5 Å². The number of benzene rings is 2. The lowest BCUT2D eigenvalue weighted by Crippen LogP contribution is -2.06. The summed E-state index contributed by atoms with van der Waals surface area (Å²) >= 11 is 0. The first kappa shape index (κ1) is 17.2. The van der Waals surface area contributed by atoms with Crippen LogP contribution in [-0.4, -0.2) is 21.7 Å². The fourth-order valence-electron chi connectivity index (χ4n) is 2.27. The van der Waals surface area contributed by atoms with Crippen LogP contribution in [0.3, 0.4) is 0 Å². The summed E-state index contributed by atoms with van der Waals surface area (Å²) in [6, 6.07) is 16.2. The van der Waals surface area contributed by atoms with Gasteiger partial charge in [0.05, 0.1) is 11.9 Å². The molecule has 0 aliphatic heterocycles. The van der Waals surface area contributed by atoms with Crippen LogP contribution in [0.5, 0.6) is 5.75 Å². The maximum absolute atomic E-state index is 11.9. The minimum atomic E-state index is -0.496. The number of hydrogen-bond acceptors (Lipinski definition) is 4. The summed E-state index contributed by atoms with van der Waals surface area (Å²) in [6.45, 7) is 1.43. The number of para-hydroxylation sites is 1. The van der Waals surface area contributed by atoms with Crippen molar-refractivity contribution in [3.63, 3.8) is 0 Å². The molecule has 130 valence electrons. The molecule has 0 spiro atoms. The maximum Gasteiger partial charge on any atom is 0.336 e. The van der Waals surface area contributed by atoms with Crippen LogP contribution in [0.2, 0.25) is 0 Å². The number of rotatable bonds is 5. The quantitative estimate of drug-likeness (QED) is 0.436. The number of amides is 1. The average molecular weight is 347 g/mol. The topological polar surface area (TPSA) is 73.2 Å². The summed E-state index contributed by atoms with van der Waals surface area (Å²) in [5.41, 5.74) is 2.36. The Labute approximate surface area is 150 Å². The predicted molar refractivity (Wildman–Crippen MR) is 99.0 cm³/mol. The molecule has 0 aliphatic carbocycles. The second-order valence-corrected chi connectivity index (χ2v) is 5.51. The van der Waals surface area contributed by atoms with Crippen molar-refractivity contribution in [1.29, 1.82) is 0 Å². The summed E-state index contributed by atoms with van der Waals surface area (Å²) in [5, 5.41) is 6.91. The van der Waals surface area contributed by atoms with E-state index in [0.717, 1.165) is 11.3 Å². The van der Waals surface area contributed by atoms with Gasteiger partial charge < -0.3 is 10.1 Å². The van der Waals surface area contributed by atoms with E-state index in [4.69, 9.17) is 4.74 Å². The minimum Gasteiger partial charge on any atom is -0.423 e. The van der Waals surface area contributed by atoms with Gasteiger partial charge >= 0.3 is 5.97 Å². The molecule has 0 fully saturated rings. The van der Waals surface area contributed by atoms with E-state index in [1.54, 1.807) is 41.2 Å². The molecule has 0 bridgehead atoms. The van der Waals surface area contributed by atoms with Gasteiger partial charge in [-0.25, -0.2) is 9.48 Å². The molecule has 3 aromatic rings. The summed E-state index contributed by atoms with van der Waals surface area (Å²) in [4.78, 5) is 22.9. The van der Waals surface area contributed by atoms with Gasteiger partial charge in [0, 0.05) is 30.4 Å². The van der Waals surface area contributed by atoms with Crippen molar-refractivity contribution in [3.8, 4) is 11.4 Å². The molecular formula is C20H17N3O3. The molecule has 1 N–H and O–H groups in total. The maximum atomic E-state index is 11.9. The van der Waals surface area contributed by atoms with Gasteiger partial charge in [0.15, 0.2) is 0 Å². The lowest BCUT2D eigenvalue weighted by atomic mass is 10.3. The number of carbonyl (C=O) groups excluding carboxylic acids is 2. The van der Waals surface area contributed by atoms with Crippen LogP contribution in [0.1, 0.15) is 12.5 Å². The molecule has 26 heavy (non-hydrogen) atoms. The number of aromatic nitrogens is 2. The van der Waals surface area contributed by atoms with Gasteiger partial charge in [-0.2, -0.15) is 5.10 Å². The number of ether oxygens (including phenoxy) is 1. The zero-order valence-corrected chi connectivity index (χ0v) is 14.1. The number of esters is 1. The highest BCUT2D eigenvalue weighted by Gasteiger charge is 2.03. The third-order valence-electron chi connectivity index (χ3n) is 3.43. The first-order chi connectivity index (χ1) is 12.6. The van der Waals surface area contributed by atoms with Crippen LogP contribution >= 0.6 is 0 Å². The molecule has 0 saturated heterocycles. The van der Waals surface area contributed by atoms with Crippen molar-refractivity contribution in [3.05, 3.63) is 78.6 Å². The summed E-state index contributed by atoms with van der Waals surface area (Å²) in [6.07, 6.45) is 6.47. The molecule has 0 radical (unpaired) electrons. The van der Waals surface area contributed by atoms with Gasteiger partial charge in [0.25, 0.3) is 0 Å². The molecule has 2 aromatic carbocycles. The highest BCUT2D eigenvalue weighted by molar-refractivity contribution is 5.89. The minimum absolute atomic E-state index is 0.159. The molecular weight excluding hydrogens is 330 g/mol. The standard InChI is InChI=1S/C20H17N3O3/c1-15(24)22-17-8-10-19(11-9-17)26-20(25)12-7-16-13-21-23(14-16)18-5-3-2-4-6-18/h2-14H,1H3,(H,22,24)/b12-7+. The molecule has 1 amide bonds. The second-order valence-electron chi connectivity index (χ2n) is 5.51. The predicted octanol–water partition coefficient (Wildman–Crippen LogP) is 3.45. The molecule has 0 unspecified atom stereocenters. The number of nitrogens with one attached hydrogen (secondary N) is 1. The molecule has 1 heterocycles. The normalized spacial score (nSPS) is 10.7. The van der Waals surface area contributed by atoms with Crippen LogP contribution in [0.15, 0.2) is 73.1 Å². The number of carbonyl (C=O) groups is 2. The van der Waals surface area contributed by atoms with E-state index < -0.39 is 5.97 Å². The monoisotopic (exact) mass is 347 g/mol. The zero-order chi connectivity index (χ0) is 18.4. The zero-order valence-electron chi connectivity index (χ0n) is 14.1. The number of hydrogen-bond donors (Lipinski definition) is 1. The van der Waals surface area contributed by atoms with Crippen molar-refractivity contribution >= 4 is 23.6 Å². The Bertz CT molecular complexity index is 928. The van der Waals surface area contributed by atoms with Crippen molar-refractivity contribution in [2.24, 2.45) is 0 Å². The lowest BCUT2D eigenvalue weighted by Gasteiger charge is -2.04. The highest BCUT2D eigenvalue weighted by atomic mass is 16.5. The molecule has 3 rings (SSSR count). The summed E-state index contributed by atoms with van der Waals surface area (Å²) < 4.78 is 6.95.